The molecule has 1 rings (SSSR count). The van der Waals surface area contributed by atoms with Crippen molar-refractivity contribution in [2.75, 3.05) is 12.0 Å². The lowest BCUT2D eigenvalue weighted by molar-refractivity contribution is 0.569. The zero-order chi connectivity index (χ0) is 14.5. The van der Waals surface area contributed by atoms with E-state index in [1.165, 1.54) is 6.26 Å². The second-order valence-electron chi connectivity index (χ2n) is 4.29. The summed E-state index contributed by atoms with van der Waals surface area (Å²) < 4.78 is 37.4. The van der Waals surface area contributed by atoms with Gasteiger partial charge in [-0.3, -0.25) is 4.21 Å². The van der Waals surface area contributed by atoms with Crippen molar-refractivity contribution in [1.29, 1.82) is 5.26 Å². The van der Waals surface area contributed by atoms with Crippen LogP contribution in [0.1, 0.15) is 18.1 Å². The first-order chi connectivity index (χ1) is 8.84. The summed E-state index contributed by atoms with van der Waals surface area (Å²) in [6.07, 6.45) is 1.52. The summed E-state index contributed by atoms with van der Waals surface area (Å²) >= 11 is 0. The molecule has 0 bridgehead atoms. The van der Waals surface area contributed by atoms with E-state index in [4.69, 9.17) is 5.26 Å². The maximum atomic E-state index is 11.9. The molecular formula is C12H16N2O3S2. The average Bonchev–Trinajstić information content (AvgIpc) is 2.26. The van der Waals surface area contributed by atoms with E-state index in [0.717, 1.165) is 0 Å². The normalized spacial score (nSPS) is 14.6. The SMILES string of the molecule is CC(CS(C)=O)NS(=O)(=O)Cc1ccccc1C#N. The Balaban J connectivity index is 2.80. The van der Waals surface area contributed by atoms with E-state index in [2.05, 4.69) is 4.72 Å². The van der Waals surface area contributed by atoms with Gasteiger partial charge >= 0.3 is 0 Å². The van der Waals surface area contributed by atoms with Gasteiger partial charge in [-0.15, -0.1) is 0 Å². The zero-order valence-electron chi connectivity index (χ0n) is 10.8. The molecule has 0 aliphatic carbocycles. The third kappa shape index (κ3) is 5.51. The standard InChI is InChI=1S/C12H16N2O3S2/c1-10(8-18(2)15)14-19(16,17)9-12-6-4-3-5-11(12)7-13/h3-6,10,14H,8-9H2,1-2H3. The lowest BCUT2D eigenvalue weighted by Gasteiger charge is -2.13. The highest BCUT2D eigenvalue weighted by Crippen LogP contribution is 2.11. The minimum absolute atomic E-state index is 0.253. The molecule has 0 aromatic heterocycles. The molecule has 0 saturated heterocycles. The van der Waals surface area contributed by atoms with Gasteiger partial charge in [-0.25, -0.2) is 13.1 Å². The van der Waals surface area contributed by atoms with Gasteiger partial charge in [-0.05, 0) is 18.6 Å². The van der Waals surface area contributed by atoms with Crippen molar-refractivity contribution >= 4 is 20.8 Å². The van der Waals surface area contributed by atoms with Crippen molar-refractivity contribution in [3.05, 3.63) is 35.4 Å². The lowest BCUT2D eigenvalue weighted by atomic mass is 10.1. The van der Waals surface area contributed by atoms with Gasteiger partial charge in [0.15, 0.2) is 0 Å². The first-order valence-corrected chi connectivity index (χ1v) is 9.00. The van der Waals surface area contributed by atoms with E-state index in [0.29, 0.717) is 11.1 Å². The van der Waals surface area contributed by atoms with E-state index in [1.807, 2.05) is 6.07 Å². The van der Waals surface area contributed by atoms with Crippen molar-refractivity contribution in [3.8, 4) is 6.07 Å². The van der Waals surface area contributed by atoms with Gasteiger partial charge in [0, 0.05) is 28.9 Å². The van der Waals surface area contributed by atoms with Gasteiger partial charge < -0.3 is 0 Å². The van der Waals surface area contributed by atoms with Crippen LogP contribution in [-0.2, 0) is 26.6 Å². The Morgan fingerprint density at radius 1 is 1.42 bits per heavy atom. The van der Waals surface area contributed by atoms with Crippen LogP contribution in [0.3, 0.4) is 0 Å². The maximum absolute atomic E-state index is 11.9. The van der Waals surface area contributed by atoms with E-state index >= 15 is 0 Å². The van der Waals surface area contributed by atoms with E-state index < -0.39 is 26.9 Å². The number of hydrogen-bond donors (Lipinski definition) is 1. The molecule has 0 spiro atoms. The Morgan fingerprint density at radius 3 is 2.63 bits per heavy atom. The quantitative estimate of drug-likeness (QED) is 0.839. The van der Waals surface area contributed by atoms with Crippen LogP contribution in [0.25, 0.3) is 0 Å². The third-order valence-electron chi connectivity index (χ3n) is 2.35. The molecule has 0 aliphatic rings. The fraction of sp³-hybridized carbons (Fsp3) is 0.417. The number of nitrogens with one attached hydrogen (secondary N) is 1. The molecule has 1 N–H and O–H groups in total. The number of sulfonamides is 1. The molecule has 1 aromatic carbocycles. The molecule has 19 heavy (non-hydrogen) atoms. The minimum Gasteiger partial charge on any atom is -0.260 e. The molecule has 0 fully saturated rings. The first-order valence-electron chi connectivity index (χ1n) is 5.62. The highest BCUT2D eigenvalue weighted by atomic mass is 32.2. The molecule has 5 nitrogen and oxygen atoms in total. The lowest BCUT2D eigenvalue weighted by Crippen LogP contribution is -2.37. The van der Waals surface area contributed by atoms with Crippen molar-refractivity contribution in [1.82, 2.24) is 4.72 Å². The summed E-state index contributed by atoms with van der Waals surface area (Å²) in [5.74, 6) is 0.0105. The van der Waals surface area contributed by atoms with Crippen LogP contribution in [0.5, 0.6) is 0 Å². The Bertz CT molecular complexity index is 606. The van der Waals surface area contributed by atoms with E-state index in [9.17, 15) is 12.6 Å². The number of benzene rings is 1. The monoisotopic (exact) mass is 300 g/mol. The Hall–Kier alpha value is -1.23. The maximum Gasteiger partial charge on any atom is 0.216 e. The first kappa shape index (κ1) is 15.8. The molecule has 0 saturated carbocycles. The Morgan fingerprint density at radius 2 is 2.05 bits per heavy atom. The summed E-state index contributed by atoms with van der Waals surface area (Å²) in [5.41, 5.74) is 0.807. The summed E-state index contributed by atoms with van der Waals surface area (Å²) in [4.78, 5) is 0. The summed E-state index contributed by atoms with van der Waals surface area (Å²) in [6, 6.07) is 8.13. The van der Waals surface area contributed by atoms with E-state index in [1.54, 1.807) is 31.2 Å². The topological polar surface area (TPSA) is 87.0 Å². The van der Waals surface area contributed by atoms with Crippen LogP contribution in [0.4, 0.5) is 0 Å². The molecule has 1 aromatic rings. The van der Waals surface area contributed by atoms with Crippen molar-refractivity contribution < 1.29 is 12.6 Å². The van der Waals surface area contributed by atoms with Gasteiger partial charge in [0.25, 0.3) is 0 Å². The molecule has 2 atom stereocenters. The molecule has 104 valence electrons. The second kappa shape index (κ2) is 6.80. The molecule has 0 amide bonds. The number of nitrogens with zero attached hydrogens (tertiary/aromatic N) is 1. The number of hydrogen-bond acceptors (Lipinski definition) is 4. The van der Waals surface area contributed by atoms with Gasteiger partial charge in [0.1, 0.15) is 0 Å². The zero-order valence-corrected chi connectivity index (χ0v) is 12.4. The molecular weight excluding hydrogens is 284 g/mol. The van der Waals surface area contributed by atoms with Crippen molar-refractivity contribution in [3.63, 3.8) is 0 Å². The average molecular weight is 300 g/mol. The fourth-order valence-electron chi connectivity index (χ4n) is 1.69. The predicted molar refractivity (Wildman–Crippen MR) is 75.3 cm³/mol. The molecule has 0 radical (unpaired) electrons. The van der Waals surface area contributed by atoms with Gasteiger partial charge in [-0.1, -0.05) is 18.2 Å². The van der Waals surface area contributed by atoms with Crippen LogP contribution in [-0.4, -0.2) is 30.7 Å². The summed E-state index contributed by atoms with van der Waals surface area (Å²) in [5, 5.41) is 8.91. The predicted octanol–water partition coefficient (Wildman–Crippen LogP) is 0.745. The largest absolute Gasteiger partial charge is 0.260 e. The molecule has 0 aliphatic heterocycles. The summed E-state index contributed by atoms with van der Waals surface area (Å²) in [6.45, 7) is 1.66. The second-order valence-corrected chi connectivity index (χ2v) is 7.52. The van der Waals surface area contributed by atoms with Gasteiger partial charge in [0.2, 0.25) is 10.0 Å². The Kier molecular flexibility index (Phi) is 5.66. The van der Waals surface area contributed by atoms with Crippen LogP contribution >= 0.6 is 0 Å². The fourth-order valence-corrected chi connectivity index (χ4v) is 4.03. The van der Waals surface area contributed by atoms with Crippen LogP contribution in [0.15, 0.2) is 24.3 Å². The third-order valence-corrected chi connectivity index (χ3v) is 4.77. The smallest absolute Gasteiger partial charge is 0.216 e. The van der Waals surface area contributed by atoms with Crippen molar-refractivity contribution in [2.45, 2.75) is 18.7 Å². The molecule has 0 heterocycles. The summed E-state index contributed by atoms with van der Waals surface area (Å²) in [7, 11) is -4.61. The van der Waals surface area contributed by atoms with Crippen LogP contribution < -0.4 is 4.72 Å². The van der Waals surface area contributed by atoms with Gasteiger partial charge in [0.05, 0.1) is 17.4 Å². The number of rotatable bonds is 6. The van der Waals surface area contributed by atoms with Crippen molar-refractivity contribution in [2.24, 2.45) is 0 Å². The van der Waals surface area contributed by atoms with Crippen LogP contribution in [0, 0.1) is 11.3 Å². The van der Waals surface area contributed by atoms with Crippen LogP contribution in [0.2, 0.25) is 0 Å². The number of nitriles is 1. The highest BCUT2D eigenvalue weighted by Gasteiger charge is 2.17. The Labute approximate surface area is 116 Å². The van der Waals surface area contributed by atoms with Gasteiger partial charge in [-0.2, -0.15) is 5.26 Å². The molecule has 7 heteroatoms. The molecule has 2 unspecified atom stereocenters. The highest BCUT2D eigenvalue weighted by molar-refractivity contribution is 7.88. The van der Waals surface area contributed by atoms with E-state index in [-0.39, 0.29) is 11.5 Å². The minimum atomic E-state index is -3.55.